The standard InChI is InChI=1S/C18H18F3N3O5S/c1-10-9-30-16(23-10)17(28,18(19,20)21)7-13(25)24-12-5-3-4-11(6-12)15(27)22-8-14(26)29-2/h3-6,9,28H,7-8H2,1-2H3,(H,22,27)(H,24,25). The molecule has 0 aliphatic rings. The Bertz CT molecular complexity index is 947. The Morgan fingerprint density at radius 2 is 1.97 bits per heavy atom. The van der Waals surface area contributed by atoms with Crippen LogP contribution in [0.3, 0.4) is 0 Å². The highest BCUT2D eigenvalue weighted by Gasteiger charge is 2.58. The molecule has 1 heterocycles. The molecule has 2 amide bonds. The lowest BCUT2D eigenvalue weighted by molar-refractivity contribution is -0.266. The summed E-state index contributed by atoms with van der Waals surface area (Å²) in [5.74, 6) is -2.45. The normalized spacial score (nSPS) is 13.3. The maximum Gasteiger partial charge on any atom is 0.424 e. The topological polar surface area (TPSA) is 118 Å². The van der Waals surface area contributed by atoms with Gasteiger partial charge in [0.2, 0.25) is 11.5 Å². The number of aliphatic hydroxyl groups is 1. The minimum Gasteiger partial charge on any atom is -0.468 e. The van der Waals surface area contributed by atoms with Crippen molar-refractivity contribution in [1.29, 1.82) is 0 Å². The average molecular weight is 445 g/mol. The van der Waals surface area contributed by atoms with Crippen LogP contribution in [0, 0.1) is 6.92 Å². The van der Waals surface area contributed by atoms with Gasteiger partial charge in [-0.15, -0.1) is 11.3 Å². The van der Waals surface area contributed by atoms with Crippen molar-refractivity contribution in [2.75, 3.05) is 19.0 Å². The highest BCUT2D eigenvalue weighted by atomic mass is 32.1. The molecular formula is C18H18F3N3O5S. The first kappa shape index (κ1) is 23.3. The number of amides is 2. The minimum absolute atomic E-state index is 0.0329. The van der Waals surface area contributed by atoms with Crippen LogP contribution in [-0.4, -0.2) is 47.7 Å². The van der Waals surface area contributed by atoms with Gasteiger partial charge in [0.1, 0.15) is 11.6 Å². The number of nitrogens with one attached hydrogen (secondary N) is 2. The number of anilines is 1. The van der Waals surface area contributed by atoms with Crippen molar-refractivity contribution in [3.8, 4) is 0 Å². The molecule has 0 radical (unpaired) electrons. The Kier molecular flexibility index (Phi) is 7.16. The number of hydrogen-bond acceptors (Lipinski definition) is 7. The Morgan fingerprint density at radius 3 is 2.53 bits per heavy atom. The van der Waals surface area contributed by atoms with Crippen LogP contribution in [0.25, 0.3) is 0 Å². The van der Waals surface area contributed by atoms with Crippen molar-refractivity contribution < 1.29 is 37.4 Å². The molecule has 2 rings (SSSR count). The van der Waals surface area contributed by atoms with Gasteiger partial charge in [0.15, 0.2) is 0 Å². The number of carbonyl (C=O) groups is 3. The Morgan fingerprint density at radius 1 is 1.27 bits per heavy atom. The Labute approximate surface area is 173 Å². The maximum absolute atomic E-state index is 13.5. The summed E-state index contributed by atoms with van der Waals surface area (Å²) in [4.78, 5) is 39.0. The fourth-order valence-corrected chi connectivity index (χ4v) is 3.26. The molecule has 1 unspecified atom stereocenters. The molecule has 3 N–H and O–H groups in total. The van der Waals surface area contributed by atoms with Crippen LogP contribution >= 0.6 is 11.3 Å². The van der Waals surface area contributed by atoms with Crippen molar-refractivity contribution >= 4 is 34.8 Å². The fourth-order valence-electron chi connectivity index (χ4n) is 2.34. The van der Waals surface area contributed by atoms with Crippen molar-refractivity contribution in [2.45, 2.75) is 25.1 Å². The predicted octanol–water partition coefficient (Wildman–Crippen LogP) is 2.13. The summed E-state index contributed by atoms with van der Waals surface area (Å²) in [7, 11) is 1.15. The summed E-state index contributed by atoms with van der Waals surface area (Å²) in [6.07, 6.45) is -6.45. The number of benzene rings is 1. The van der Waals surface area contributed by atoms with Gasteiger partial charge in [-0.05, 0) is 25.1 Å². The van der Waals surface area contributed by atoms with E-state index in [1.165, 1.54) is 36.6 Å². The molecule has 12 heteroatoms. The zero-order chi connectivity index (χ0) is 22.5. The minimum atomic E-state index is -5.13. The highest BCUT2D eigenvalue weighted by Crippen LogP contribution is 2.43. The zero-order valence-corrected chi connectivity index (χ0v) is 16.7. The van der Waals surface area contributed by atoms with Crippen LogP contribution in [-0.2, 0) is 19.9 Å². The molecular weight excluding hydrogens is 427 g/mol. The van der Waals surface area contributed by atoms with Crippen molar-refractivity contribution in [1.82, 2.24) is 10.3 Å². The van der Waals surface area contributed by atoms with E-state index >= 15 is 0 Å². The number of ether oxygens (including phenoxy) is 1. The SMILES string of the molecule is COC(=O)CNC(=O)c1cccc(NC(=O)CC(O)(c2nc(C)cs2)C(F)(F)F)c1. The van der Waals surface area contributed by atoms with E-state index in [1.54, 1.807) is 0 Å². The van der Waals surface area contributed by atoms with Gasteiger partial charge in [-0.3, -0.25) is 14.4 Å². The lowest BCUT2D eigenvalue weighted by Crippen LogP contribution is -2.45. The molecule has 0 saturated heterocycles. The first-order valence-electron chi connectivity index (χ1n) is 8.43. The van der Waals surface area contributed by atoms with Gasteiger partial charge in [-0.25, -0.2) is 4.98 Å². The third-order valence-electron chi connectivity index (χ3n) is 3.89. The smallest absolute Gasteiger partial charge is 0.424 e. The predicted molar refractivity (Wildman–Crippen MR) is 101 cm³/mol. The van der Waals surface area contributed by atoms with E-state index in [0.717, 1.165) is 7.11 Å². The summed E-state index contributed by atoms with van der Waals surface area (Å²) in [6, 6.07) is 5.34. The Hall–Kier alpha value is -2.99. The number of aromatic nitrogens is 1. The molecule has 0 spiro atoms. The van der Waals surface area contributed by atoms with Crippen LogP contribution in [0.5, 0.6) is 0 Å². The van der Waals surface area contributed by atoms with Gasteiger partial charge in [-0.1, -0.05) is 6.07 Å². The van der Waals surface area contributed by atoms with E-state index in [2.05, 4.69) is 20.4 Å². The molecule has 0 aliphatic carbocycles. The number of halogens is 3. The summed E-state index contributed by atoms with van der Waals surface area (Å²) >= 11 is 0.596. The molecule has 1 aromatic heterocycles. The third-order valence-corrected chi connectivity index (χ3v) is 5.00. The van der Waals surface area contributed by atoms with E-state index in [1.807, 2.05) is 0 Å². The van der Waals surface area contributed by atoms with Crippen molar-refractivity contribution in [3.63, 3.8) is 0 Å². The van der Waals surface area contributed by atoms with Crippen LogP contribution in [0.1, 0.15) is 27.5 Å². The quantitative estimate of drug-likeness (QED) is 0.562. The second-order valence-electron chi connectivity index (χ2n) is 6.22. The largest absolute Gasteiger partial charge is 0.468 e. The molecule has 8 nitrogen and oxygen atoms in total. The summed E-state index contributed by atoms with van der Waals surface area (Å²) < 4.78 is 44.9. The number of alkyl halides is 3. The molecule has 0 aliphatic heterocycles. The van der Waals surface area contributed by atoms with Crippen LogP contribution in [0.15, 0.2) is 29.6 Å². The van der Waals surface area contributed by atoms with Crippen molar-refractivity contribution in [2.24, 2.45) is 0 Å². The number of hydrogen-bond donors (Lipinski definition) is 3. The monoisotopic (exact) mass is 445 g/mol. The molecule has 1 aromatic carbocycles. The number of carbonyl (C=O) groups excluding carboxylic acids is 3. The van der Waals surface area contributed by atoms with Gasteiger partial charge in [-0.2, -0.15) is 13.2 Å². The van der Waals surface area contributed by atoms with Gasteiger partial charge < -0.3 is 20.5 Å². The number of rotatable bonds is 7. The van der Waals surface area contributed by atoms with Gasteiger partial charge in [0.25, 0.3) is 5.91 Å². The molecule has 0 saturated carbocycles. The van der Waals surface area contributed by atoms with E-state index in [-0.39, 0.29) is 23.5 Å². The van der Waals surface area contributed by atoms with Crippen LogP contribution < -0.4 is 10.6 Å². The first-order chi connectivity index (χ1) is 14.0. The van der Waals surface area contributed by atoms with Crippen molar-refractivity contribution in [3.05, 3.63) is 45.9 Å². The van der Waals surface area contributed by atoms with Gasteiger partial charge in [0.05, 0.1) is 13.5 Å². The lowest BCUT2D eigenvalue weighted by atomic mass is 9.99. The second-order valence-corrected chi connectivity index (χ2v) is 7.07. The van der Waals surface area contributed by atoms with E-state index < -0.39 is 41.0 Å². The van der Waals surface area contributed by atoms with E-state index in [9.17, 15) is 32.7 Å². The summed E-state index contributed by atoms with van der Waals surface area (Å²) in [5.41, 5.74) is -3.08. The number of nitrogens with zero attached hydrogens (tertiary/aromatic N) is 1. The third kappa shape index (κ3) is 5.54. The fraction of sp³-hybridized carbons (Fsp3) is 0.333. The first-order valence-corrected chi connectivity index (χ1v) is 9.31. The molecule has 0 fully saturated rings. The lowest BCUT2D eigenvalue weighted by Gasteiger charge is -2.27. The van der Waals surface area contributed by atoms with Gasteiger partial charge in [0, 0.05) is 22.3 Å². The number of aryl methyl sites for hydroxylation is 1. The highest BCUT2D eigenvalue weighted by molar-refractivity contribution is 7.09. The summed E-state index contributed by atoms with van der Waals surface area (Å²) in [5, 5.41) is 15.4. The van der Waals surface area contributed by atoms with E-state index in [4.69, 9.17) is 0 Å². The number of methoxy groups -OCH3 is 1. The van der Waals surface area contributed by atoms with Crippen LogP contribution in [0.4, 0.5) is 18.9 Å². The number of esters is 1. The van der Waals surface area contributed by atoms with Crippen LogP contribution in [0.2, 0.25) is 0 Å². The average Bonchev–Trinajstić information content (AvgIpc) is 3.11. The Balaban J connectivity index is 2.13. The second kappa shape index (κ2) is 9.22. The maximum atomic E-state index is 13.5. The molecule has 0 bridgehead atoms. The van der Waals surface area contributed by atoms with Gasteiger partial charge >= 0.3 is 12.1 Å². The summed E-state index contributed by atoms with van der Waals surface area (Å²) in [6.45, 7) is 1.09. The number of thiazole rings is 1. The zero-order valence-electron chi connectivity index (χ0n) is 15.9. The molecule has 2 aromatic rings. The van der Waals surface area contributed by atoms with E-state index in [0.29, 0.717) is 11.3 Å². The molecule has 162 valence electrons. The molecule has 1 atom stereocenters. The molecule has 30 heavy (non-hydrogen) atoms.